The first kappa shape index (κ1) is 13.7. The van der Waals surface area contributed by atoms with Crippen molar-refractivity contribution >= 4 is 5.95 Å². The van der Waals surface area contributed by atoms with Gasteiger partial charge in [-0.1, -0.05) is 0 Å². The van der Waals surface area contributed by atoms with E-state index in [2.05, 4.69) is 26.5 Å². The standard InChI is InChI=1S/C17H23N5/c1-12-9-10-18-17(19-12)22-11-5-8-15(22)16-20-13-6-3-4-7-14(13)21(16)2/h9-10,15H,3-8,11H2,1-2H3/t15-/m0/s1. The Labute approximate surface area is 131 Å². The maximum absolute atomic E-state index is 5.00. The lowest BCUT2D eigenvalue weighted by atomic mass is 10.0. The topological polar surface area (TPSA) is 46.8 Å². The van der Waals surface area contributed by atoms with E-state index >= 15 is 0 Å². The van der Waals surface area contributed by atoms with E-state index in [0.29, 0.717) is 6.04 Å². The van der Waals surface area contributed by atoms with Gasteiger partial charge in [-0.3, -0.25) is 0 Å². The van der Waals surface area contributed by atoms with Gasteiger partial charge in [-0.15, -0.1) is 0 Å². The fraction of sp³-hybridized carbons (Fsp3) is 0.588. The molecule has 5 heteroatoms. The molecule has 2 aromatic rings. The third kappa shape index (κ3) is 2.19. The van der Waals surface area contributed by atoms with Crippen molar-refractivity contribution in [1.29, 1.82) is 0 Å². The quantitative estimate of drug-likeness (QED) is 0.855. The molecule has 0 spiro atoms. The molecule has 0 unspecified atom stereocenters. The molecule has 0 saturated carbocycles. The van der Waals surface area contributed by atoms with Gasteiger partial charge in [-0.25, -0.2) is 15.0 Å². The van der Waals surface area contributed by atoms with Gasteiger partial charge in [0.1, 0.15) is 5.82 Å². The zero-order valence-electron chi connectivity index (χ0n) is 13.4. The van der Waals surface area contributed by atoms with Crippen molar-refractivity contribution in [1.82, 2.24) is 19.5 Å². The molecule has 1 fully saturated rings. The van der Waals surface area contributed by atoms with Crippen molar-refractivity contribution in [2.75, 3.05) is 11.4 Å². The summed E-state index contributed by atoms with van der Waals surface area (Å²) in [6.45, 7) is 3.04. The molecule has 0 radical (unpaired) electrons. The van der Waals surface area contributed by atoms with Crippen molar-refractivity contribution in [2.24, 2.45) is 7.05 Å². The second kappa shape index (κ2) is 5.38. The number of hydrogen-bond donors (Lipinski definition) is 0. The average molecular weight is 297 g/mol. The summed E-state index contributed by atoms with van der Waals surface area (Å²) in [6.07, 6.45) is 9.06. The van der Waals surface area contributed by atoms with Crippen LogP contribution in [0, 0.1) is 6.92 Å². The van der Waals surface area contributed by atoms with Gasteiger partial charge in [0.2, 0.25) is 5.95 Å². The Bertz CT molecular complexity index is 690. The van der Waals surface area contributed by atoms with Crippen molar-refractivity contribution in [3.8, 4) is 0 Å². The second-order valence-corrected chi connectivity index (χ2v) is 6.48. The zero-order chi connectivity index (χ0) is 15.1. The number of aromatic nitrogens is 4. The van der Waals surface area contributed by atoms with Crippen LogP contribution in [0.2, 0.25) is 0 Å². The summed E-state index contributed by atoms with van der Waals surface area (Å²) < 4.78 is 2.34. The van der Waals surface area contributed by atoms with Crippen molar-refractivity contribution in [3.63, 3.8) is 0 Å². The molecule has 116 valence electrons. The SMILES string of the molecule is Cc1ccnc(N2CCC[C@H]2c2nc3c(n2C)CCCC3)n1. The van der Waals surface area contributed by atoms with Crippen molar-refractivity contribution in [2.45, 2.75) is 51.5 Å². The maximum Gasteiger partial charge on any atom is 0.226 e. The van der Waals surface area contributed by atoms with Crippen LogP contribution < -0.4 is 4.90 Å². The summed E-state index contributed by atoms with van der Waals surface area (Å²) >= 11 is 0. The zero-order valence-corrected chi connectivity index (χ0v) is 13.4. The highest BCUT2D eigenvalue weighted by molar-refractivity contribution is 5.37. The molecule has 1 saturated heterocycles. The predicted molar refractivity (Wildman–Crippen MR) is 85.9 cm³/mol. The van der Waals surface area contributed by atoms with Crippen molar-refractivity contribution < 1.29 is 0 Å². The molecule has 1 atom stereocenters. The van der Waals surface area contributed by atoms with Crippen molar-refractivity contribution in [3.05, 3.63) is 35.2 Å². The number of imidazole rings is 1. The van der Waals surface area contributed by atoms with Crippen LogP contribution in [-0.2, 0) is 19.9 Å². The second-order valence-electron chi connectivity index (χ2n) is 6.48. The Balaban J connectivity index is 1.71. The number of nitrogens with zero attached hydrogens (tertiary/aromatic N) is 5. The molecule has 0 bridgehead atoms. The molecule has 0 aromatic carbocycles. The fourth-order valence-corrected chi connectivity index (χ4v) is 3.85. The van der Waals surface area contributed by atoms with Crippen LogP contribution in [-0.4, -0.2) is 26.1 Å². The first-order valence-corrected chi connectivity index (χ1v) is 8.34. The Morgan fingerprint density at radius 2 is 2.00 bits per heavy atom. The van der Waals surface area contributed by atoms with Gasteiger partial charge < -0.3 is 9.47 Å². The Morgan fingerprint density at radius 1 is 1.14 bits per heavy atom. The molecule has 3 heterocycles. The van der Waals surface area contributed by atoms with Gasteiger partial charge in [-0.2, -0.15) is 0 Å². The lowest BCUT2D eigenvalue weighted by Gasteiger charge is -2.24. The lowest BCUT2D eigenvalue weighted by Crippen LogP contribution is -2.27. The lowest BCUT2D eigenvalue weighted by molar-refractivity contribution is 0.603. The highest BCUT2D eigenvalue weighted by Gasteiger charge is 2.33. The van der Waals surface area contributed by atoms with E-state index in [1.807, 2.05) is 19.2 Å². The van der Waals surface area contributed by atoms with E-state index in [4.69, 9.17) is 4.98 Å². The summed E-state index contributed by atoms with van der Waals surface area (Å²) in [7, 11) is 2.18. The van der Waals surface area contributed by atoms with Gasteiger partial charge in [-0.05, 0) is 51.5 Å². The molecule has 0 N–H and O–H groups in total. The minimum atomic E-state index is 0.317. The highest BCUT2D eigenvalue weighted by Crippen LogP contribution is 2.35. The first-order chi connectivity index (χ1) is 10.7. The minimum Gasteiger partial charge on any atom is -0.333 e. The van der Waals surface area contributed by atoms with Crippen LogP contribution in [0.25, 0.3) is 0 Å². The van der Waals surface area contributed by atoms with E-state index in [0.717, 1.165) is 31.0 Å². The number of rotatable bonds is 2. The van der Waals surface area contributed by atoms with E-state index in [-0.39, 0.29) is 0 Å². The van der Waals surface area contributed by atoms with Crippen LogP contribution in [0.1, 0.15) is 54.6 Å². The molecular weight excluding hydrogens is 274 g/mol. The number of hydrogen-bond acceptors (Lipinski definition) is 4. The number of fused-ring (bicyclic) bond motifs is 1. The van der Waals surface area contributed by atoms with E-state index in [9.17, 15) is 0 Å². The van der Waals surface area contributed by atoms with E-state index < -0.39 is 0 Å². The number of aryl methyl sites for hydroxylation is 2. The molecule has 1 aliphatic heterocycles. The largest absolute Gasteiger partial charge is 0.333 e. The van der Waals surface area contributed by atoms with Gasteiger partial charge in [0.05, 0.1) is 11.7 Å². The molecule has 2 aromatic heterocycles. The number of anilines is 1. The van der Waals surface area contributed by atoms with Gasteiger partial charge in [0.15, 0.2) is 0 Å². The normalized spacial score (nSPS) is 21.2. The molecule has 5 nitrogen and oxygen atoms in total. The smallest absolute Gasteiger partial charge is 0.226 e. The monoisotopic (exact) mass is 297 g/mol. The fourth-order valence-electron chi connectivity index (χ4n) is 3.85. The minimum absolute atomic E-state index is 0.317. The molecule has 0 amide bonds. The Kier molecular flexibility index (Phi) is 3.36. The van der Waals surface area contributed by atoms with Gasteiger partial charge >= 0.3 is 0 Å². The van der Waals surface area contributed by atoms with Crippen LogP contribution in [0.4, 0.5) is 5.95 Å². The maximum atomic E-state index is 5.00. The summed E-state index contributed by atoms with van der Waals surface area (Å²) in [6, 6.07) is 2.27. The van der Waals surface area contributed by atoms with Crippen LogP contribution in [0.15, 0.2) is 12.3 Å². The third-order valence-electron chi connectivity index (χ3n) is 5.00. The molecular formula is C17H23N5. The van der Waals surface area contributed by atoms with Gasteiger partial charge in [0.25, 0.3) is 0 Å². The highest BCUT2D eigenvalue weighted by atomic mass is 15.3. The van der Waals surface area contributed by atoms with Crippen LogP contribution >= 0.6 is 0 Å². The van der Waals surface area contributed by atoms with E-state index in [1.54, 1.807) is 0 Å². The Hall–Kier alpha value is -1.91. The summed E-state index contributed by atoms with van der Waals surface area (Å²) in [4.78, 5) is 16.4. The molecule has 2 aliphatic rings. The molecule has 4 rings (SSSR count). The van der Waals surface area contributed by atoms with Gasteiger partial charge in [0, 0.05) is 31.2 Å². The molecule has 22 heavy (non-hydrogen) atoms. The summed E-state index contributed by atoms with van der Waals surface area (Å²) in [5.41, 5.74) is 3.79. The predicted octanol–water partition coefficient (Wildman–Crippen LogP) is 2.74. The third-order valence-corrected chi connectivity index (χ3v) is 5.00. The van der Waals surface area contributed by atoms with Crippen LogP contribution in [0.5, 0.6) is 0 Å². The average Bonchev–Trinajstić information content (AvgIpc) is 3.12. The Morgan fingerprint density at radius 3 is 2.82 bits per heavy atom. The molecule has 1 aliphatic carbocycles. The van der Waals surface area contributed by atoms with Crippen LogP contribution in [0.3, 0.4) is 0 Å². The summed E-state index contributed by atoms with van der Waals surface area (Å²) in [5.74, 6) is 2.05. The summed E-state index contributed by atoms with van der Waals surface area (Å²) in [5, 5.41) is 0. The van der Waals surface area contributed by atoms with E-state index in [1.165, 1.54) is 42.9 Å². The first-order valence-electron chi connectivity index (χ1n) is 8.34.